The van der Waals surface area contributed by atoms with Crippen molar-refractivity contribution in [2.75, 3.05) is 4.90 Å². The van der Waals surface area contributed by atoms with Gasteiger partial charge in [-0.2, -0.15) is 0 Å². The first kappa shape index (κ1) is 18.1. The summed E-state index contributed by atoms with van der Waals surface area (Å²) in [7, 11) is 0. The summed E-state index contributed by atoms with van der Waals surface area (Å²) in [6, 6.07) is 12.6. The minimum Gasteiger partial charge on any atom is -0.465 e. The molecule has 3 aromatic rings. The largest absolute Gasteiger partial charge is 0.465 e. The molecule has 1 heterocycles. The monoisotopic (exact) mass is 418 g/mol. The van der Waals surface area contributed by atoms with Crippen LogP contribution in [0, 0.1) is 12.7 Å². The van der Waals surface area contributed by atoms with Crippen molar-refractivity contribution in [2.45, 2.75) is 19.9 Å². The van der Waals surface area contributed by atoms with Gasteiger partial charge >= 0.3 is 6.09 Å². The fourth-order valence-corrected chi connectivity index (χ4v) is 3.49. The van der Waals surface area contributed by atoms with Gasteiger partial charge in [0.05, 0.1) is 6.04 Å². The number of aromatic nitrogens is 1. The van der Waals surface area contributed by atoms with E-state index in [1.165, 1.54) is 23.1 Å². The molecule has 7 heteroatoms. The Morgan fingerprint density at radius 3 is 2.65 bits per heavy atom. The van der Waals surface area contributed by atoms with Crippen LogP contribution in [-0.2, 0) is 0 Å². The number of carboxylic acid groups (broad SMARTS) is 1. The summed E-state index contributed by atoms with van der Waals surface area (Å²) in [5.41, 5.74) is 1.92. The second kappa shape index (κ2) is 7.29. The lowest BCUT2D eigenvalue weighted by Gasteiger charge is -2.27. The average Bonchev–Trinajstić information content (AvgIpc) is 2.96. The Morgan fingerprint density at radius 2 is 2.00 bits per heavy atom. The summed E-state index contributed by atoms with van der Waals surface area (Å²) >= 11 is 3.46. The van der Waals surface area contributed by atoms with Gasteiger partial charge in [-0.15, -0.1) is 0 Å². The number of halogens is 2. The van der Waals surface area contributed by atoms with Gasteiger partial charge < -0.3 is 9.63 Å². The van der Waals surface area contributed by atoms with Gasteiger partial charge in [-0.05, 0) is 37.6 Å². The molecule has 0 radical (unpaired) electrons. The van der Waals surface area contributed by atoms with Crippen molar-refractivity contribution in [3.05, 3.63) is 70.1 Å². The van der Waals surface area contributed by atoms with Gasteiger partial charge in [-0.25, -0.2) is 9.18 Å². The number of hydrogen-bond acceptors (Lipinski definition) is 3. The summed E-state index contributed by atoms with van der Waals surface area (Å²) in [5, 5.41) is 13.8. The molecule has 1 N–H and O–H groups in total. The summed E-state index contributed by atoms with van der Waals surface area (Å²) in [6.07, 6.45) is -1.16. The first-order chi connectivity index (χ1) is 12.4. The molecule has 134 valence electrons. The van der Waals surface area contributed by atoms with Crippen molar-refractivity contribution in [3.8, 4) is 11.3 Å². The van der Waals surface area contributed by atoms with Crippen LogP contribution < -0.4 is 4.90 Å². The molecule has 0 saturated heterocycles. The fourth-order valence-electron chi connectivity index (χ4n) is 2.88. The van der Waals surface area contributed by atoms with E-state index < -0.39 is 18.0 Å². The Balaban J connectivity index is 2.14. The highest BCUT2D eigenvalue weighted by atomic mass is 79.9. The topological polar surface area (TPSA) is 66.6 Å². The summed E-state index contributed by atoms with van der Waals surface area (Å²) in [4.78, 5) is 13.3. The Bertz CT molecular complexity index is 957. The van der Waals surface area contributed by atoms with E-state index in [1.807, 2.05) is 24.3 Å². The van der Waals surface area contributed by atoms with Crippen LogP contribution in [0.1, 0.15) is 24.2 Å². The smallest absolute Gasteiger partial charge is 0.412 e. The predicted molar refractivity (Wildman–Crippen MR) is 99.7 cm³/mol. The van der Waals surface area contributed by atoms with Gasteiger partial charge in [-0.3, -0.25) is 4.90 Å². The Morgan fingerprint density at radius 1 is 1.27 bits per heavy atom. The number of carbonyl (C=O) groups is 1. The second-order valence-electron chi connectivity index (χ2n) is 5.81. The number of nitrogens with zero attached hydrogens (tertiary/aromatic N) is 2. The average molecular weight is 419 g/mol. The maximum Gasteiger partial charge on any atom is 0.412 e. The van der Waals surface area contributed by atoms with Crippen molar-refractivity contribution in [1.82, 2.24) is 5.16 Å². The van der Waals surface area contributed by atoms with Crippen LogP contribution in [0.4, 0.5) is 14.9 Å². The van der Waals surface area contributed by atoms with Crippen LogP contribution >= 0.6 is 15.9 Å². The van der Waals surface area contributed by atoms with Crippen molar-refractivity contribution in [3.63, 3.8) is 0 Å². The normalized spacial score (nSPS) is 12.0. The third-order valence-electron chi connectivity index (χ3n) is 4.11. The Kier molecular flexibility index (Phi) is 5.08. The molecule has 0 aliphatic carbocycles. The molecule has 1 amide bonds. The standard InChI is InChI=1S/C19H16BrFN2O3/c1-11-17(18(26-22-11)13-6-5-7-14(21)10-13)23(19(24)25)12(2)15-8-3-4-9-16(15)20/h3-10,12H,1-2H3,(H,24,25)/t12-/m1/s1. The van der Waals surface area contributed by atoms with Crippen LogP contribution in [0.5, 0.6) is 0 Å². The van der Waals surface area contributed by atoms with Crippen LogP contribution in [0.3, 0.4) is 0 Å². The highest BCUT2D eigenvalue weighted by Gasteiger charge is 2.31. The SMILES string of the molecule is Cc1noc(-c2cccc(F)c2)c1N(C(=O)O)[C@H](C)c1ccccc1Br. The molecule has 2 aromatic carbocycles. The zero-order valence-corrected chi connectivity index (χ0v) is 15.7. The quantitative estimate of drug-likeness (QED) is 0.581. The summed E-state index contributed by atoms with van der Waals surface area (Å²) in [5.74, 6) is -0.230. The van der Waals surface area contributed by atoms with E-state index >= 15 is 0 Å². The van der Waals surface area contributed by atoms with E-state index in [-0.39, 0.29) is 5.76 Å². The van der Waals surface area contributed by atoms with Crippen LogP contribution in [0.2, 0.25) is 0 Å². The van der Waals surface area contributed by atoms with Crippen molar-refractivity contribution >= 4 is 27.7 Å². The van der Waals surface area contributed by atoms with Gasteiger partial charge in [0.2, 0.25) is 0 Å². The molecular weight excluding hydrogens is 403 g/mol. The molecule has 0 aliphatic rings. The first-order valence-electron chi connectivity index (χ1n) is 7.89. The molecule has 0 saturated carbocycles. The van der Waals surface area contributed by atoms with E-state index in [0.29, 0.717) is 16.9 Å². The van der Waals surface area contributed by atoms with Gasteiger partial charge in [0.25, 0.3) is 0 Å². The van der Waals surface area contributed by atoms with E-state index in [4.69, 9.17) is 4.52 Å². The molecule has 0 fully saturated rings. The molecule has 26 heavy (non-hydrogen) atoms. The minimum absolute atomic E-state index is 0.211. The lowest BCUT2D eigenvalue weighted by molar-refractivity contribution is 0.199. The maximum absolute atomic E-state index is 13.6. The molecule has 0 bridgehead atoms. The van der Waals surface area contributed by atoms with Gasteiger partial charge in [0.1, 0.15) is 17.2 Å². The van der Waals surface area contributed by atoms with E-state index in [2.05, 4.69) is 21.1 Å². The molecular formula is C19H16BrFN2O3. The lowest BCUT2D eigenvalue weighted by Crippen LogP contribution is -2.33. The molecule has 0 unspecified atom stereocenters. The molecule has 3 rings (SSSR count). The molecule has 5 nitrogen and oxygen atoms in total. The highest BCUT2D eigenvalue weighted by Crippen LogP contribution is 2.39. The van der Waals surface area contributed by atoms with Gasteiger partial charge in [-0.1, -0.05) is 51.4 Å². The summed E-state index contributed by atoms with van der Waals surface area (Å²) in [6.45, 7) is 3.43. The summed E-state index contributed by atoms with van der Waals surface area (Å²) < 4.78 is 19.8. The van der Waals surface area contributed by atoms with E-state index in [1.54, 1.807) is 19.9 Å². The zero-order chi connectivity index (χ0) is 18.8. The molecule has 1 atom stereocenters. The van der Waals surface area contributed by atoms with Gasteiger partial charge in [0, 0.05) is 10.0 Å². The number of hydrogen-bond donors (Lipinski definition) is 1. The Labute approximate surface area is 158 Å². The molecule has 1 aromatic heterocycles. The van der Waals surface area contributed by atoms with Crippen molar-refractivity contribution in [1.29, 1.82) is 0 Å². The number of anilines is 1. The fraction of sp³-hybridized carbons (Fsp3) is 0.158. The second-order valence-corrected chi connectivity index (χ2v) is 6.66. The first-order valence-corrected chi connectivity index (χ1v) is 8.68. The third kappa shape index (κ3) is 3.35. The highest BCUT2D eigenvalue weighted by molar-refractivity contribution is 9.10. The molecule has 0 spiro atoms. The van der Waals surface area contributed by atoms with Crippen LogP contribution in [0.25, 0.3) is 11.3 Å². The van der Waals surface area contributed by atoms with Crippen LogP contribution in [-0.4, -0.2) is 16.4 Å². The van der Waals surface area contributed by atoms with Crippen molar-refractivity contribution in [2.24, 2.45) is 0 Å². The van der Waals surface area contributed by atoms with E-state index in [0.717, 1.165) is 10.0 Å². The number of benzene rings is 2. The van der Waals surface area contributed by atoms with Crippen LogP contribution in [0.15, 0.2) is 57.5 Å². The minimum atomic E-state index is -1.16. The lowest BCUT2D eigenvalue weighted by atomic mass is 10.0. The number of amides is 1. The Hall–Kier alpha value is -2.67. The van der Waals surface area contributed by atoms with E-state index in [9.17, 15) is 14.3 Å². The zero-order valence-electron chi connectivity index (χ0n) is 14.1. The van der Waals surface area contributed by atoms with Crippen molar-refractivity contribution < 1.29 is 18.8 Å². The molecule has 0 aliphatic heterocycles. The predicted octanol–water partition coefficient (Wildman–Crippen LogP) is 5.80. The number of rotatable bonds is 4. The maximum atomic E-state index is 13.6. The number of aryl methyl sites for hydroxylation is 1. The van der Waals surface area contributed by atoms with Gasteiger partial charge in [0.15, 0.2) is 5.76 Å². The third-order valence-corrected chi connectivity index (χ3v) is 4.83.